The minimum Gasteiger partial charge on any atom is -0.463 e. The lowest BCUT2D eigenvalue weighted by Crippen LogP contribution is -2.41. The number of benzene rings is 1. The van der Waals surface area contributed by atoms with Crippen LogP contribution in [0.3, 0.4) is 0 Å². The number of carbonyl (C=O) groups excluding carboxylic acids is 1. The van der Waals surface area contributed by atoms with E-state index in [0.29, 0.717) is 23.3 Å². The van der Waals surface area contributed by atoms with Crippen molar-refractivity contribution in [3.8, 4) is 5.88 Å². The number of fused-ring (bicyclic) bond motifs is 1. The van der Waals surface area contributed by atoms with Gasteiger partial charge in [-0.25, -0.2) is 9.98 Å². The van der Waals surface area contributed by atoms with Gasteiger partial charge in [0.25, 0.3) is 0 Å². The Morgan fingerprint density at radius 1 is 1.16 bits per heavy atom. The summed E-state index contributed by atoms with van der Waals surface area (Å²) in [6.45, 7) is 3.95. The molecule has 2 aromatic rings. The monoisotopic (exact) mass is 419 g/mol. The van der Waals surface area contributed by atoms with Gasteiger partial charge in [-0.1, -0.05) is 29.8 Å². The van der Waals surface area contributed by atoms with E-state index in [4.69, 9.17) is 15.5 Å². The van der Waals surface area contributed by atoms with E-state index in [9.17, 15) is 4.79 Å². The van der Waals surface area contributed by atoms with Gasteiger partial charge in [-0.2, -0.15) is 4.98 Å². The fourth-order valence-electron chi connectivity index (χ4n) is 4.19. The lowest BCUT2D eigenvalue weighted by molar-refractivity contribution is -0.123. The lowest BCUT2D eigenvalue weighted by Gasteiger charge is -2.32. The maximum atomic E-state index is 11.9. The molecule has 0 saturated heterocycles. The predicted molar refractivity (Wildman–Crippen MR) is 122 cm³/mol. The fraction of sp³-hybridized carbons (Fsp3) is 0.417. The second-order valence-corrected chi connectivity index (χ2v) is 8.92. The highest BCUT2D eigenvalue weighted by Crippen LogP contribution is 2.39. The number of nitrogens with two attached hydrogens (primary N) is 1. The van der Waals surface area contributed by atoms with Crippen molar-refractivity contribution in [2.75, 3.05) is 19.8 Å². The van der Waals surface area contributed by atoms with Crippen LogP contribution in [0.15, 0.2) is 47.2 Å². The third kappa shape index (κ3) is 4.31. The quantitative estimate of drug-likeness (QED) is 0.758. The van der Waals surface area contributed by atoms with E-state index in [-0.39, 0.29) is 5.91 Å². The molecule has 0 unspecified atom stereocenters. The molecule has 31 heavy (non-hydrogen) atoms. The SMILES string of the molecule is CN(C)C(=O)C=C1CCC(c2ccc(C3=Nc4c(N)ncnc4OC3(C)C)cc2)CC1. The summed E-state index contributed by atoms with van der Waals surface area (Å²) in [5.74, 6) is 1.30. The van der Waals surface area contributed by atoms with Crippen molar-refractivity contribution in [3.63, 3.8) is 0 Å². The van der Waals surface area contributed by atoms with Gasteiger partial charge in [-0.05, 0) is 51.0 Å². The number of hydrogen-bond acceptors (Lipinski definition) is 6. The van der Waals surface area contributed by atoms with Crippen molar-refractivity contribution in [1.29, 1.82) is 0 Å². The first-order chi connectivity index (χ1) is 14.7. The highest BCUT2D eigenvalue weighted by molar-refractivity contribution is 6.09. The summed E-state index contributed by atoms with van der Waals surface area (Å²) in [5, 5.41) is 0. The van der Waals surface area contributed by atoms with Crippen LogP contribution in [0.2, 0.25) is 0 Å². The Morgan fingerprint density at radius 2 is 1.84 bits per heavy atom. The number of aliphatic imine (C=N–C) groups is 1. The predicted octanol–water partition coefficient (Wildman–Crippen LogP) is 4.02. The number of rotatable bonds is 3. The summed E-state index contributed by atoms with van der Waals surface area (Å²) < 4.78 is 6.07. The normalized spacial score (nSPS) is 19.7. The van der Waals surface area contributed by atoms with Gasteiger partial charge < -0.3 is 15.4 Å². The van der Waals surface area contributed by atoms with E-state index >= 15 is 0 Å². The van der Waals surface area contributed by atoms with Crippen molar-refractivity contribution in [2.45, 2.75) is 51.0 Å². The molecule has 1 aromatic heterocycles. The van der Waals surface area contributed by atoms with Crippen LogP contribution in [0.4, 0.5) is 11.5 Å². The smallest absolute Gasteiger partial charge is 0.246 e. The summed E-state index contributed by atoms with van der Waals surface area (Å²) >= 11 is 0. The van der Waals surface area contributed by atoms with Crippen LogP contribution < -0.4 is 10.5 Å². The van der Waals surface area contributed by atoms with Crippen LogP contribution >= 0.6 is 0 Å². The minimum atomic E-state index is -0.626. The number of carbonyl (C=O) groups is 1. The van der Waals surface area contributed by atoms with Crippen LogP contribution in [-0.4, -0.2) is 46.2 Å². The van der Waals surface area contributed by atoms with Crippen LogP contribution in [0.1, 0.15) is 56.6 Å². The highest BCUT2D eigenvalue weighted by atomic mass is 16.5. The summed E-state index contributed by atoms with van der Waals surface area (Å²) in [5.41, 5.74) is 10.2. The third-order valence-electron chi connectivity index (χ3n) is 6.01. The molecule has 2 N–H and O–H groups in total. The number of ether oxygens (including phenoxy) is 1. The van der Waals surface area contributed by atoms with Crippen molar-refractivity contribution in [1.82, 2.24) is 14.9 Å². The van der Waals surface area contributed by atoms with Crippen molar-refractivity contribution < 1.29 is 9.53 Å². The van der Waals surface area contributed by atoms with Gasteiger partial charge in [0.05, 0.1) is 5.71 Å². The molecule has 2 aliphatic rings. The zero-order valence-electron chi connectivity index (χ0n) is 18.6. The highest BCUT2D eigenvalue weighted by Gasteiger charge is 2.35. The van der Waals surface area contributed by atoms with E-state index in [2.05, 4.69) is 34.2 Å². The number of nitrogens with zero attached hydrogens (tertiary/aromatic N) is 4. The molecule has 0 bridgehead atoms. The number of aromatic nitrogens is 2. The largest absolute Gasteiger partial charge is 0.463 e. The molecular formula is C24H29N5O2. The van der Waals surface area contributed by atoms with E-state index in [1.807, 2.05) is 13.8 Å². The molecule has 162 valence electrons. The van der Waals surface area contributed by atoms with Crippen LogP contribution in [0.5, 0.6) is 5.88 Å². The molecule has 0 spiro atoms. The standard InChI is InChI=1S/C24H29N5O2/c1-24(2)21(28-20-22(25)26-14-27-23(20)31-24)18-11-9-17(10-12-18)16-7-5-15(6-8-16)13-19(30)29(3)4/h9-14,16H,5-8H2,1-4H3,(H2,25,26,27). The molecule has 7 nitrogen and oxygen atoms in total. The van der Waals surface area contributed by atoms with E-state index in [1.54, 1.807) is 25.1 Å². The molecule has 1 amide bonds. The molecule has 1 saturated carbocycles. The first-order valence-corrected chi connectivity index (χ1v) is 10.6. The number of nitrogen functional groups attached to an aromatic ring is 1. The Bertz CT molecular complexity index is 1040. The Labute approximate surface area is 183 Å². The molecule has 1 aliphatic carbocycles. The lowest BCUT2D eigenvalue weighted by atomic mass is 9.81. The Balaban J connectivity index is 1.52. The zero-order chi connectivity index (χ0) is 22.2. The summed E-state index contributed by atoms with van der Waals surface area (Å²) in [6, 6.07) is 8.56. The number of anilines is 1. The Hall–Kier alpha value is -3.22. The minimum absolute atomic E-state index is 0.0727. The van der Waals surface area contributed by atoms with Crippen LogP contribution in [0, 0.1) is 0 Å². The first kappa shape index (κ1) is 21.0. The second kappa shape index (κ2) is 8.13. The van der Waals surface area contributed by atoms with Crippen molar-refractivity contribution in [3.05, 3.63) is 53.4 Å². The van der Waals surface area contributed by atoms with Gasteiger partial charge in [-0.3, -0.25) is 4.79 Å². The maximum Gasteiger partial charge on any atom is 0.246 e. The van der Waals surface area contributed by atoms with Gasteiger partial charge in [0, 0.05) is 25.7 Å². The van der Waals surface area contributed by atoms with Gasteiger partial charge in [0.1, 0.15) is 11.9 Å². The van der Waals surface area contributed by atoms with Crippen LogP contribution in [-0.2, 0) is 4.79 Å². The Kier molecular flexibility index (Phi) is 5.52. The van der Waals surface area contributed by atoms with E-state index in [0.717, 1.165) is 37.0 Å². The molecule has 1 aliphatic heterocycles. The summed E-state index contributed by atoms with van der Waals surface area (Å²) in [4.78, 5) is 26.5. The van der Waals surface area contributed by atoms with Crippen molar-refractivity contribution in [2.24, 2.45) is 4.99 Å². The molecule has 2 heterocycles. The fourth-order valence-corrected chi connectivity index (χ4v) is 4.19. The molecule has 4 rings (SSSR count). The number of amides is 1. The molecule has 1 fully saturated rings. The second-order valence-electron chi connectivity index (χ2n) is 8.92. The average molecular weight is 420 g/mol. The molecule has 0 atom stereocenters. The number of allylic oxidation sites excluding steroid dienone is 1. The molecule has 7 heteroatoms. The topological polar surface area (TPSA) is 93.7 Å². The van der Waals surface area contributed by atoms with Crippen LogP contribution in [0.25, 0.3) is 0 Å². The van der Waals surface area contributed by atoms with E-state index < -0.39 is 5.60 Å². The third-order valence-corrected chi connectivity index (χ3v) is 6.01. The number of likely N-dealkylation sites (N-methyl/N-ethyl adjacent to an activating group) is 1. The summed E-state index contributed by atoms with van der Waals surface area (Å²) in [7, 11) is 3.57. The van der Waals surface area contributed by atoms with E-state index in [1.165, 1.54) is 17.5 Å². The number of hydrogen-bond donors (Lipinski definition) is 1. The van der Waals surface area contributed by atoms with Crippen molar-refractivity contribution >= 4 is 23.1 Å². The van der Waals surface area contributed by atoms with Gasteiger partial charge in [0.15, 0.2) is 11.5 Å². The first-order valence-electron chi connectivity index (χ1n) is 10.6. The molecule has 0 radical (unpaired) electrons. The Morgan fingerprint density at radius 3 is 2.48 bits per heavy atom. The average Bonchev–Trinajstić information content (AvgIpc) is 2.73. The zero-order valence-corrected chi connectivity index (χ0v) is 18.6. The molecule has 1 aromatic carbocycles. The van der Waals surface area contributed by atoms with Gasteiger partial charge in [0.2, 0.25) is 11.8 Å². The maximum absolute atomic E-state index is 11.9. The van der Waals surface area contributed by atoms with Gasteiger partial charge in [-0.15, -0.1) is 0 Å². The molecular weight excluding hydrogens is 390 g/mol. The van der Waals surface area contributed by atoms with Gasteiger partial charge >= 0.3 is 0 Å². The summed E-state index contributed by atoms with van der Waals surface area (Å²) in [6.07, 6.45) is 7.24.